The molecule has 2 aliphatic heterocycles. The Kier molecular flexibility index (Phi) is 2.48. The number of hydrogen-bond donors (Lipinski definition) is 1. The molecule has 0 aromatic carbocycles. The molecule has 0 radical (unpaired) electrons. The van der Waals surface area contributed by atoms with Crippen LogP contribution in [-0.2, 0) is 4.74 Å². The summed E-state index contributed by atoms with van der Waals surface area (Å²) in [5, 5.41) is 0. The van der Waals surface area contributed by atoms with E-state index in [4.69, 9.17) is 10.5 Å². The van der Waals surface area contributed by atoms with Crippen molar-refractivity contribution >= 4 is 11.6 Å². The van der Waals surface area contributed by atoms with Crippen LogP contribution >= 0.6 is 0 Å². The SMILES string of the molecule is Nc1cccnc1C(=O)N1CC2CCC(C1)O2. The van der Waals surface area contributed by atoms with Gasteiger partial charge in [-0.05, 0) is 25.0 Å². The summed E-state index contributed by atoms with van der Waals surface area (Å²) >= 11 is 0. The minimum atomic E-state index is -0.0803. The number of rotatable bonds is 1. The van der Waals surface area contributed by atoms with Crippen molar-refractivity contribution in [1.29, 1.82) is 0 Å². The largest absolute Gasteiger partial charge is 0.397 e. The molecular weight excluding hydrogens is 218 g/mol. The van der Waals surface area contributed by atoms with Gasteiger partial charge in [-0.1, -0.05) is 0 Å². The zero-order valence-corrected chi connectivity index (χ0v) is 9.50. The van der Waals surface area contributed by atoms with E-state index in [2.05, 4.69) is 4.98 Å². The quantitative estimate of drug-likeness (QED) is 0.774. The first-order valence-electron chi connectivity index (χ1n) is 5.89. The molecule has 2 fully saturated rings. The summed E-state index contributed by atoms with van der Waals surface area (Å²) in [5.74, 6) is -0.0803. The highest BCUT2D eigenvalue weighted by atomic mass is 16.5. The van der Waals surface area contributed by atoms with Gasteiger partial charge in [0.15, 0.2) is 5.69 Å². The van der Waals surface area contributed by atoms with Gasteiger partial charge in [0.05, 0.1) is 17.9 Å². The van der Waals surface area contributed by atoms with Crippen LogP contribution in [0.3, 0.4) is 0 Å². The third kappa shape index (κ3) is 1.86. The summed E-state index contributed by atoms with van der Waals surface area (Å²) in [6.45, 7) is 1.32. The van der Waals surface area contributed by atoms with Crippen molar-refractivity contribution in [2.45, 2.75) is 25.0 Å². The topological polar surface area (TPSA) is 68.5 Å². The average Bonchev–Trinajstić information content (AvgIpc) is 2.68. The predicted molar refractivity (Wildman–Crippen MR) is 62.4 cm³/mol. The minimum Gasteiger partial charge on any atom is -0.397 e. The Bertz CT molecular complexity index is 437. The van der Waals surface area contributed by atoms with Crippen molar-refractivity contribution in [2.24, 2.45) is 0 Å². The molecule has 5 heteroatoms. The summed E-state index contributed by atoms with van der Waals surface area (Å²) in [6.07, 6.45) is 4.09. The molecule has 2 saturated heterocycles. The van der Waals surface area contributed by atoms with Gasteiger partial charge < -0.3 is 15.4 Å². The third-order valence-corrected chi connectivity index (χ3v) is 3.37. The van der Waals surface area contributed by atoms with Gasteiger partial charge in [0.25, 0.3) is 5.91 Å². The summed E-state index contributed by atoms with van der Waals surface area (Å²) in [7, 11) is 0. The van der Waals surface area contributed by atoms with Gasteiger partial charge in [0.1, 0.15) is 0 Å². The monoisotopic (exact) mass is 233 g/mol. The fraction of sp³-hybridized carbons (Fsp3) is 0.500. The molecule has 0 spiro atoms. The fourth-order valence-corrected chi connectivity index (χ4v) is 2.53. The minimum absolute atomic E-state index is 0.0803. The zero-order chi connectivity index (χ0) is 11.8. The number of aromatic nitrogens is 1. The molecule has 3 heterocycles. The number of carbonyl (C=O) groups is 1. The Labute approximate surface area is 99.6 Å². The lowest BCUT2D eigenvalue weighted by Gasteiger charge is -2.32. The maximum Gasteiger partial charge on any atom is 0.274 e. The van der Waals surface area contributed by atoms with Crippen LogP contribution in [0.4, 0.5) is 5.69 Å². The fourth-order valence-electron chi connectivity index (χ4n) is 2.53. The molecule has 0 aliphatic carbocycles. The van der Waals surface area contributed by atoms with E-state index in [-0.39, 0.29) is 18.1 Å². The van der Waals surface area contributed by atoms with E-state index in [0.29, 0.717) is 24.5 Å². The lowest BCUT2D eigenvalue weighted by atomic mass is 10.2. The predicted octanol–water partition coefficient (Wildman–Crippen LogP) is 0.667. The lowest BCUT2D eigenvalue weighted by molar-refractivity contribution is -0.0305. The number of fused-ring (bicyclic) bond motifs is 2. The average molecular weight is 233 g/mol. The van der Waals surface area contributed by atoms with Crippen LogP contribution in [0.1, 0.15) is 23.3 Å². The van der Waals surface area contributed by atoms with Crippen molar-refractivity contribution in [3.05, 3.63) is 24.0 Å². The number of likely N-dealkylation sites (tertiary alicyclic amines) is 1. The van der Waals surface area contributed by atoms with Gasteiger partial charge in [-0.3, -0.25) is 4.79 Å². The summed E-state index contributed by atoms with van der Waals surface area (Å²) in [4.78, 5) is 18.1. The van der Waals surface area contributed by atoms with Crippen LogP contribution in [0, 0.1) is 0 Å². The molecular formula is C12H15N3O2. The van der Waals surface area contributed by atoms with E-state index in [1.807, 2.05) is 4.90 Å². The van der Waals surface area contributed by atoms with E-state index in [0.717, 1.165) is 12.8 Å². The number of carbonyl (C=O) groups excluding carboxylic acids is 1. The number of amides is 1. The van der Waals surface area contributed by atoms with Gasteiger partial charge >= 0.3 is 0 Å². The van der Waals surface area contributed by atoms with E-state index < -0.39 is 0 Å². The van der Waals surface area contributed by atoms with Crippen LogP contribution in [0.25, 0.3) is 0 Å². The Morgan fingerprint density at radius 2 is 2.12 bits per heavy atom. The Morgan fingerprint density at radius 1 is 1.41 bits per heavy atom. The molecule has 2 aliphatic rings. The van der Waals surface area contributed by atoms with Crippen molar-refractivity contribution in [3.63, 3.8) is 0 Å². The van der Waals surface area contributed by atoms with E-state index in [9.17, 15) is 4.79 Å². The van der Waals surface area contributed by atoms with Crippen molar-refractivity contribution in [2.75, 3.05) is 18.8 Å². The smallest absolute Gasteiger partial charge is 0.274 e. The highest BCUT2D eigenvalue weighted by Gasteiger charge is 2.36. The molecule has 1 amide bonds. The van der Waals surface area contributed by atoms with Crippen LogP contribution in [0.5, 0.6) is 0 Å². The summed E-state index contributed by atoms with van der Waals surface area (Å²) < 4.78 is 5.70. The Hall–Kier alpha value is -1.62. The molecule has 0 saturated carbocycles. The number of pyridine rings is 1. The van der Waals surface area contributed by atoms with Gasteiger partial charge in [0, 0.05) is 19.3 Å². The second-order valence-corrected chi connectivity index (χ2v) is 4.61. The molecule has 2 unspecified atom stereocenters. The molecule has 2 bridgehead atoms. The lowest BCUT2D eigenvalue weighted by Crippen LogP contribution is -2.46. The van der Waals surface area contributed by atoms with E-state index in [1.165, 1.54) is 0 Å². The number of nitrogens with zero attached hydrogens (tertiary/aromatic N) is 2. The van der Waals surface area contributed by atoms with Crippen molar-refractivity contribution in [1.82, 2.24) is 9.88 Å². The number of hydrogen-bond acceptors (Lipinski definition) is 4. The van der Waals surface area contributed by atoms with Crippen LogP contribution < -0.4 is 5.73 Å². The number of anilines is 1. The Morgan fingerprint density at radius 3 is 2.76 bits per heavy atom. The highest BCUT2D eigenvalue weighted by Crippen LogP contribution is 2.27. The number of ether oxygens (including phenoxy) is 1. The number of nitrogens with two attached hydrogens (primary N) is 1. The molecule has 1 aromatic heterocycles. The second kappa shape index (κ2) is 4.00. The maximum absolute atomic E-state index is 12.3. The first kappa shape index (κ1) is 10.5. The number of morpholine rings is 1. The van der Waals surface area contributed by atoms with Gasteiger partial charge in [-0.25, -0.2) is 4.98 Å². The highest BCUT2D eigenvalue weighted by molar-refractivity contribution is 5.97. The molecule has 5 nitrogen and oxygen atoms in total. The molecule has 2 atom stereocenters. The van der Waals surface area contributed by atoms with Crippen LogP contribution in [0.15, 0.2) is 18.3 Å². The van der Waals surface area contributed by atoms with Gasteiger partial charge in [-0.15, -0.1) is 0 Å². The van der Waals surface area contributed by atoms with Crippen molar-refractivity contribution < 1.29 is 9.53 Å². The van der Waals surface area contributed by atoms with Gasteiger partial charge in [0.2, 0.25) is 0 Å². The summed E-state index contributed by atoms with van der Waals surface area (Å²) in [6, 6.07) is 3.43. The second-order valence-electron chi connectivity index (χ2n) is 4.61. The number of nitrogen functional groups attached to an aromatic ring is 1. The Balaban J connectivity index is 1.81. The standard InChI is InChI=1S/C12H15N3O2/c13-10-2-1-5-14-11(10)12(16)15-6-8-3-4-9(7-15)17-8/h1-2,5,8-9H,3-4,6-7,13H2. The van der Waals surface area contributed by atoms with E-state index in [1.54, 1.807) is 18.3 Å². The van der Waals surface area contributed by atoms with Crippen LogP contribution in [-0.4, -0.2) is 41.1 Å². The molecule has 17 heavy (non-hydrogen) atoms. The zero-order valence-electron chi connectivity index (χ0n) is 9.50. The molecule has 90 valence electrons. The third-order valence-electron chi connectivity index (χ3n) is 3.37. The molecule has 1 aromatic rings. The normalized spacial score (nSPS) is 27.2. The van der Waals surface area contributed by atoms with Crippen LogP contribution in [0.2, 0.25) is 0 Å². The molecule has 2 N–H and O–H groups in total. The molecule has 3 rings (SSSR count). The van der Waals surface area contributed by atoms with Crippen molar-refractivity contribution in [3.8, 4) is 0 Å². The first-order valence-corrected chi connectivity index (χ1v) is 5.89. The van der Waals surface area contributed by atoms with Gasteiger partial charge in [-0.2, -0.15) is 0 Å². The summed E-state index contributed by atoms with van der Waals surface area (Å²) in [5.41, 5.74) is 6.57. The maximum atomic E-state index is 12.3. The van der Waals surface area contributed by atoms with E-state index >= 15 is 0 Å². The first-order chi connectivity index (χ1) is 8.24.